The summed E-state index contributed by atoms with van der Waals surface area (Å²) in [5, 5.41) is 82.3. The summed E-state index contributed by atoms with van der Waals surface area (Å²) < 4.78 is 34.4. The fraction of sp³-hybridized carbons (Fsp3) is 1.00. The minimum absolute atomic E-state index is 0.0642. The summed E-state index contributed by atoms with van der Waals surface area (Å²) in [5.41, 5.74) is 29.9. The van der Waals surface area contributed by atoms with Crippen LogP contribution in [-0.2, 0) is 28.4 Å². The molecule has 0 bridgehead atoms. The summed E-state index contributed by atoms with van der Waals surface area (Å²) in [6, 6.07) is -4.30. The molecule has 3 saturated heterocycles. The number of rotatable bonds is 9. The lowest BCUT2D eigenvalue weighted by Crippen LogP contribution is -2.68. The van der Waals surface area contributed by atoms with Crippen molar-refractivity contribution in [2.75, 3.05) is 19.8 Å². The minimum Gasteiger partial charge on any atom is -0.394 e. The third-order valence-electron chi connectivity index (χ3n) is 8.32. The summed E-state index contributed by atoms with van der Waals surface area (Å²) in [4.78, 5) is 0. The van der Waals surface area contributed by atoms with Gasteiger partial charge < -0.3 is 97.9 Å². The Hall–Kier alpha value is -0.760. The van der Waals surface area contributed by atoms with Gasteiger partial charge in [-0.1, -0.05) is 0 Å². The van der Waals surface area contributed by atoms with Crippen LogP contribution in [-0.4, -0.2) is 177 Å². The standard InChI is InChI=1S/C23H45N5O14/c24-2-7-13(32)15(34)10(27)21(37-7)41-19-9(4-30)39-23(17(19)36)42-20-12(31)5(25)1-6(26)18(20)40-22-11(28)16(35)14(33)8(3-29)38-22/h5-23,29-36H,1-4,24-28H2/t5-,6-,7+,8-,9+,10-,11-,12+,13+,14-,15-,16+,17-,18-,19+,20+,21+,22-,23-/m1/s1. The Kier molecular flexibility index (Phi) is 11.5. The molecule has 0 radical (unpaired) electrons. The van der Waals surface area contributed by atoms with E-state index >= 15 is 0 Å². The molecule has 0 aromatic heterocycles. The van der Waals surface area contributed by atoms with Crippen molar-refractivity contribution in [3.63, 3.8) is 0 Å². The van der Waals surface area contributed by atoms with E-state index in [1.54, 1.807) is 0 Å². The van der Waals surface area contributed by atoms with Gasteiger partial charge in [-0.05, 0) is 6.42 Å². The lowest BCUT2D eigenvalue weighted by molar-refractivity contribution is -0.310. The minimum atomic E-state index is -1.62. The number of aliphatic hydroxyl groups excluding tert-OH is 8. The molecule has 18 N–H and O–H groups in total. The van der Waals surface area contributed by atoms with Crippen LogP contribution in [0, 0.1) is 0 Å². The number of aliphatic hydroxyl groups is 8. The quantitative estimate of drug-likeness (QED) is 0.114. The zero-order valence-corrected chi connectivity index (χ0v) is 22.7. The highest BCUT2D eigenvalue weighted by Crippen LogP contribution is 2.34. The first kappa shape index (κ1) is 34.1. The van der Waals surface area contributed by atoms with Crippen molar-refractivity contribution in [1.29, 1.82) is 0 Å². The van der Waals surface area contributed by atoms with Crippen molar-refractivity contribution in [1.82, 2.24) is 0 Å². The maximum atomic E-state index is 11.1. The van der Waals surface area contributed by atoms with Gasteiger partial charge in [-0.15, -0.1) is 0 Å². The molecule has 0 aromatic carbocycles. The molecule has 19 atom stereocenters. The summed E-state index contributed by atoms with van der Waals surface area (Å²) in [6.07, 6.45) is -20.5. The molecule has 4 rings (SSSR count). The van der Waals surface area contributed by atoms with E-state index in [1.807, 2.05) is 0 Å². The molecule has 0 aromatic rings. The van der Waals surface area contributed by atoms with Crippen LogP contribution in [0.2, 0.25) is 0 Å². The second-order valence-corrected chi connectivity index (χ2v) is 11.2. The number of ether oxygens (including phenoxy) is 6. The predicted octanol–water partition coefficient (Wildman–Crippen LogP) is -8.86. The van der Waals surface area contributed by atoms with Crippen LogP contribution in [0.25, 0.3) is 0 Å². The number of hydrogen-bond acceptors (Lipinski definition) is 19. The molecule has 246 valence electrons. The van der Waals surface area contributed by atoms with Gasteiger partial charge in [0.25, 0.3) is 0 Å². The van der Waals surface area contributed by atoms with E-state index in [-0.39, 0.29) is 13.0 Å². The second-order valence-electron chi connectivity index (χ2n) is 11.2. The van der Waals surface area contributed by atoms with Crippen LogP contribution in [0.3, 0.4) is 0 Å². The van der Waals surface area contributed by atoms with Crippen molar-refractivity contribution in [2.45, 2.75) is 123 Å². The van der Waals surface area contributed by atoms with Crippen molar-refractivity contribution >= 4 is 0 Å². The molecule has 19 heteroatoms. The molecule has 3 heterocycles. The van der Waals surface area contributed by atoms with Gasteiger partial charge >= 0.3 is 0 Å². The molecule has 1 aliphatic carbocycles. The van der Waals surface area contributed by atoms with Crippen LogP contribution in [0.5, 0.6) is 0 Å². The number of nitrogens with two attached hydrogens (primary N) is 5. The topological polar surface area (TPSA) is 347 Å². The SMILES string of the molecule is NC[C@@H]1O[C@@H](O[C@@H]2[C@@H](O)[C@@H](O[C@H]3[C@@H](O)[C@H](N)C[C@@H](N)[C@H]3O[C@H]3O[C@H](CO)[C@@H](O)[C@@H](O)[C@H]3N)O[C@H]2CO)[C@H](N)[C@@H](O)[C@H]1O. The first-order chi connectivity index (χ1) is 19.8. The third kappa shape index (κ3) is 6.60. The molecule has 0 spiro atoms. The van der Waals surface area contributed by atoms with Crippen molar-refractivity contribution in [2.24, 2.45) is 28.7 Å². The van der Waals surface area contributed by atoms with Gasteiger partial charge in [0.1, 0.15) is 67.1 Å². The van der Waals surface area contributed by atoms with Crippen molar-refractivity contribution in [3.05, 3.63) is 0 Å². The Bertz CT molecular complexity index is 866. The van der Waals surface area contributed by atoms with Crippen LogP contribution in [0.15, 0.2) is 0 Å². The van der Waals surface area contributed by atoms with Gasteiger partial charge in [0.05, 0.1) is 31.4 Å². The molecular formula is C23H45N5O14. The smallest absolute Gasteiger partial charge is 0.187 e. The van der Waals surface area contributed by atoms with E-state index in [0.29, 0.717) is 0 Å². The Labute approximate surface area is 240 Å². The van der Waals surface area contributed by atoms with Gasteiger partial charge in [-0.25, -0.2) is 0 Å². The Morgan fingerprint density at radius 1 is 0.524 bits per heavy atom. The molecule has 42 heavy (non-hydrogen) atoms. The average molecular weight is 616 g/mol. The van der Waals surface area contributed by atoms with E-state index in [2.05, 4.69) is 0 Å². The average Bonchev–Trinajstić information content (AvgIpc) is 3.27. The van der Waals surface area contributed by atoms with Gasteiger partial charge in [0.15, 0.2) is 18.9 Å². The molecular weight excluding hydrogens is 570 g/mol. The summed E-state index contributed by atoms with van der Waals surface area (Å²) in [7, 11) is 0. The largest absolute Gasteiger partial charge is 0.394 e. The second kappa shape index (κ2) is 14.1. The molecule has 3 aliphatic heterocycles. The maximum Gasteiger partial charge on any atom is 0.187 e. The van der Waals surface area contributed by atoms with Crippen LogP contribution < -0.4 is 28.7 Å². The molecule has 0 amide bonds. The zero-order chi connectivity index (χ0) is 31.0. The predicted molar refractivity (Wildman–Crippen MR) is 136 cm³/mol. The van der Waals surface area contributed by atoms with Gasteiger partial charge in [0, 0.05) is 18.6 Å². The lowest BCUT2D eigenvalue weighted by Gasteiger charge is -2.47. The highest BCUT2D eigenvalue weighted by molar-refractivity contribution is 5.02. The van der Waals surface area contributed by atoms with Gasteiger partial charge in [-0.3, -0.25) is 0 Å². The van der Waals surface area contributed by atoms with Gasteiger partial charge in [0.2, 0.25) is 0 Å². The third-order valence-corrected chi connectivity index (χ3v) is 8.32. The normalized spacial score (nSPS) is 53.8. The van der Waals surface area contributed by atoms with E-state index in [9.17, 15) is 40.9 Å². The summed E-state index contributed by atoms with van der Waals surface area (Å²) >= 11 is 0. The molecule has 4 aliphatic rings. The fourth-order valence-corrected chi connectivity index (χ4v) is 5.70. The first-order valence-electron chi connectivity index (χ1n) is 13.8. The fourth-order valence-electron chi connectivity index (χ4n) is 5.70. The van der Waals surface area contributed by atoms with Crippen LogP contribution >= 0.6 is 0 Å². The number of hydrogen-bond donors (Lipinski definition) is 13. The first-order valence-corrected chi connectivity index (χ1v) is 13.8. The van der Waals surface area contributed by atoms with Crippen LogP contribution in [0.1, 0.15) is 6.42 Å². The molecule has 1 saturated carbocycles. The lowest BCUT2D eigenvalue weighted by atomic mass is 9.84. The summed E-state index contributed by atoms with van der Waals surface area (Å²) in [5.74, 6) is 0. The molecule has 4 fully saturated rings. The monoisotopic (exact) mass is 615 g/mol. The molecule has 19 nitrogen and oxygen atoms in total. The Balaban J connectivity index is 1.50. The van der Waals surface area contributed by atoms with Crippen LogP contribution in [0.4, 0.5) is 0 Å². The summed E-state index contributed by atoms with van der Waals surface area (Å²) in [6.45, 7) is -1.49. The van der Waals surface area contributed by atoms with E-state index in [4.69, 9.17) is 57.1 Å². The zero-order valence-electron chi connectivity index (χ0n) is 22.7. The van der Waals surface area contributed by atoms with E-state index < -0.39 is 129 Å². The highest BCUT2D eigenvalue weighted by atomic mass is 16.8. The molecule has 0 unspecified atom stereocenters. The van der Waals surface area contributed by atoms with E-state index in [0.717, 1.165) is 0 Å². The highest BCUT2D eigenvalue weighted by Gasteiger charge is 2.54. The Morgan fingerprint density at radius 2 is 1.00 bits per heavy atom. The Morgan fingerprint density at radius 3 is 1.55 bits per heavy atom. The maximum absolute atomic E-state index is 11.1. The van der Waals surface area contributed by atoms with Crippen molar-refractivity contribution in [3.8, 4) is 0 Å². The van der Waals surface area contributed by atoms with Gasteiger partial charge in [-0.2, -0.15) is 0 Å². The van der Waals surface area contributed by atoms with E-state index in [1.165, 1.54) is 0 Å². The van der Waals surface area contributed by atoms with Crippen molar-refractivity contribution < 1.29 is 69.3 Å².